The van der Waals surface area contributed by atoms with Gasteiger partial charge in [0.25, 0.3) is 5.88 Å². The number of rotatable bonds is 13. The summed E-state index contributed by atoms with van der Waals surface area (Å²) in [4.78, 5) is 47.7. The highest BCUT2D eigenvalue weighted by Crippen LogP contribution is 2.42. The Morgan fingerprint density at radius 2 is 1.77 bits per heavy atom. The van der Waals surface area contributed by atoms with Crippen LogP contribution in [0.15, 0.2) is 49.1 Å². The normalized spacial score (nSPS) is 19.2. The van der Waals surface area contributed by atoms with Crippen LogP contribution in [0.5, 0.6) is 5.88 Å². The number of imidazole rings is 2. The maximum atomic E-state index is 13.9. The number of hydrogen-bond acceptors (Lipinski definition) is 15. The highest BCUT2D eigenvalue weighted by Gasteiger charge is 2.31. The van der Waals surface area contributed by atoms with Gasteiger partial charge in [0.1, 0.15) is 11.5 Å². The van der Waals surface area contributed by atoms with E-state index in [4.69, 9.17) is 34.8 Å². The lowest BCUT2D eigenvalue weighted by atomic mass is 10.1. The molecule has 6 aromatic heterocycles. The molecule has 3 unspecified atom stereocenters. The lowest BCUT2D eigenvalue weighted by Crippen LogP contribution is -2.54. The summed E-state index contributed by atoms with van der Waals surface area (Å²) in [7, 11) is 5.30. The largest absolute Gasteiger partial charge is 0.478 e. The minimum absolute atomic E-state index is 0.145. The fraction of sp³-hybridized carbons (Fsp3) is 0.452. The zero-order valence-corrected chi connectivity index (χ0v) is 35.9. The maximum Gasteiger partial charge on any atom is 0.256 e. The Bertz CT molecular complexity index is 2840. The number of methoxy groups -OCH3 is 1. The molecule has 2 saturated heterocycles. The van der Waals surface area contributed by atoms with Gasteiger partial charge in [-0.3, -0.25) is 9.48 Å². The molecule has 3 atom stereocenters. The Labute approximate surface area is 357 Å². The predicted octanol–water partition coefficient (Wildman–Crippen LogP) is 3.57. The first-order valence-electron chi connectivity index (χ1n) is 21.2. The second-order valence-corrected chi connectivity index (χ2v) is 17.0. The van der Waals surface area contributed by atoms with E-state index in [-0.39, 0.29) is 18.5 Å². The number of benzene rings is 1. The average Bonchev–Trinajstić information content (AvgIpc) is 3.59. The molecule has 1 amide bonds. The van der Waals surface area contributed by atoms with Gasteiger partial charge in [-0.2, -0.15) is 29.5 Å². The Balaban J connectivity index is 0.861. The molecule has 1 saturated carbocycles. The molecule has 3 fully saturated rings. The molecular weight excluding hydrogens is 789 g/mol. The Morgan fingerprint density at radius 1 is 0.984 bits per heavy atom. The zero-order chi connectivity index (χ0) is 42.8. The smallest absolute Gasteiger partial charge is 0.256 e. The summed E-state index contributed by atoms with van der Waals surface area (Å²) in [5.41, 5.74) is 7.23. The second-order valence-electron chi connectivity index (χ2n) is 17.0. The highest BCUT2D eigenvalue weighted by atomic mass is 16.5. The van der Waals surface area contributed by atoms with Gasteiger partial charge in [-0.1, -0.05) is 12.6 Å². The number of fused-ring (bicyclic) bond motifs is 3. The second kappa shape index (κ2) is 15.6. The molecule has 0 bridgehead atoms. The molecule has 20 nitrogen and oxygen atoms in total. The minimum atomic E-state index is -0.218. The van der Waals surface area contributed by atoms with Gasteiger partial charge >= 0.3 is 0 Å². The van der Waals surface area contributed by atoms with Crippen molar-refractivity contribution in [2.24, 2.45) is 14.1 Å². The van der Waals surface area contributed by atoms with Crippen LogP contribution in [0.1, 0.15) is 56.0 Å². The summed E-state index contributed by atoms with van der Waals surface area (Å²) in [6, 6.07) is 6.64. The third kappa shape index (κ3) is 7.47. The van der Waals surface area contributed by atoms with Crippen LogP contribution in [0.25, 0.3) is 27.8 Å². The van der Waals surface area contributed by atoms with Crippen molar-refractivity contribution in [3.63, 3.8) is 0 Å². The molecule has 62 heavy (non-hydrogen) atoms. The van der Waals surface area contributed by atoms with E-state index in [2.05, 4.69) is 91.3 Å². The summed E-state index contributed by atoms with van der Waals surface area (Å²) in [6.07, 6.45) is 8.47. The number of nitrogens with zero attached hydrogens (tertiary/aromatic N) is 14. The predicted molar refractivity (Wildman–Crippen MR) is 236 cm³/mol. The number of anilines is 5. The first kappa shape index (κ1) is 39.3. The molecule has 1 aromatic carbocycles. The van der Waals surface area contributed by atoms with E-state index in [1.807, 2.05) is 35.6 Å². The van der Waals surface area contributed by atoms with Crippen molar-refractivity contribution in [3.05, 3.63) is 66.0 Å². The van der Waals surface area contributed by atoms with Crippen LogP contribution in [0, 0.1) is 6.92 Å². The average molecular weight is 841 g/mol. The van der Waals surface area contributed by atoms with Crippen LogP contribution in [-0.2, 0) is 32.0 Å². The van der Waals surface area contributed by atoms with Crippen molar-refractivity contribution in [1.29, 1.82) is 0 Å². The van der Waals surface area contributed by atoms with Crippen molar-refractivity contribution in [3.8, 4) is 5.88 Å². The van der Waals surface area contributed by atoms with Gasteiger partial charge in [-0.15, -0.1) is 5.10 Å². The first-order chi connectivity index (χ1) is 30.0. The van der Waals surface area contributed by atoms with Crippen molar-refractivity contribution in [2.45, 2.75) is 77.2 Å². The Kier molecular flexibility index (Phi) is 9.87. The van der Waals surface area contributed by atoms with Crippen LogP contribution in [0.3, 0.4) is 0 Å². The highest BCUT2D eigenvalue weighted by molar-refractivity contribution is 5.93. The molecule has 0 spiro atoms. The van der Waals surface area contributed by atoms with Crippen LogP contribution in [0.2, 0.25) is 0 Å². The first-order valence-corrected chi connectivity index (χ1v) is 21.2. The van der Waals surface area contributed by atoms with Gasteiger partial charge in [0.2, 0.25) is 23.8 Å². The van der Waals surface area contributed by atoms with Crippen LogP contribution in [0.4, 0.5) is 29.4 Å². The maximum absolute atomic E-state index is 13.9. The Morgan fingerprint density at radius 3 is 2.56 bits per heavy atom. The van der Waals surface area contributed by atoms with E-state index in [1.165, 1.54) is 0 Å². The fourth-order valence-corrected chi connectivity index (χ4v) is 8.74. The van der Waals surface area contributed by atoms with Crippen LogP contribution in [-0.4, -0.2) is 116 Å². The van der Waals surface area contributed by atoms with Gasteiger partial charge < -0.3 is 44.9 Å². The molecule has 2 aliphatic heterocycles. The summed E-state index contributed by atoms with van der Waals surface area (Å²) < 4.78 is 12.9. The molecule has 1 aliphatic carbocycles. The fourth-order valence-electron chi connectivity index (χ4n) is 8.74. The molecule has 0 radical (unpaired) electrons. The summed E-state index contributed by atoms with van der Waals surface area (Å²) in [5, 5.41) is 22.9. The standard InChI is InChI=1S/C42H52N18O2/c1-23-8-11-32-30(14-23)48-33(16-43-40-53-42(58-18-25(3)46-26(4)19-58)51-36-29(27-9-10-27)15-45-60(36)40)59(32)17-24(2)38(61)47-28-12-13-57(20-28)41-50-35(34-37(52-41)55(5)22-44-34)49-31-21-56(6)54-39(31)62-7/h8,11,14-15,21-22,25-28,46H,2,9-10,12-13,16-20H2,1,3-7H3,(H,47,61)(H,43,51,53)(H,49,50,52). The minimum Gasteiger partial charge on any atom is -0.478 e. The summed E-state index contributed by atoms with van der Waals surface area (Å²) in [5.74, 6) is 3.79. The Hall–Kier alpha value is -6.83. The van der Waals surface area contributed by atoms with Crippen LogP contribution < -0.4 is 35.8 Å². The van der Waals surface area contributed by atoms with E-state index in [0.29, 0.717) is 96.0 Å². The van der Waals surface area contributed by atoms with Crippen molar-refractivity contribution < 1.29 is 9.53 Å². The zero-order valence-electron chi connectivity index (χ0n) is 35.9. The summed E-state index contributed by atoms with van der Waals surface area (Å²) >= 11 is 0. The number of hydrogen-bond donors (Lipinski definition) is 4. The number of ether oxygens (including phenoxy) is 1. The van der Waals surface area contributed by atoms with Gasteiger partial charge in [0, 0.05) is 69.5 Å². The lowest BCUT2D eigenvalue weighted by Gasteiger charge is -2.36. The van der Waals surface area contributed by atoms with Gasteiger partial charge in [-0.05, 0) is 63.6 Å². The van der Waals surface area contributed by atoms with E-state index >= 15 is 0 Å². The third-order valence-corrected chi connectivity index (χ3v) is 11.9. The quantitative estimate of drug-likeness (QED) is 0.123. The molecular formula is C42H52N18O2. The van der Waals surface area contributed by atoms with Gasteiger partial charge in [0.15, 0.2) is 22.6 Å². The van der Waals surface area contributed by atoms with Gasteiger partial charge in [0.05, 0.1) is 50.0 Å². The van der Waals surface area contributed by atoms with Crippen molar-refractivity contribution in [2.75, 3.05) is 53.7 Å². The molecule has 20 heteroatoms. The number of nitrogens with one attached hydrogen (secondary N) is 4. The molecule has 4 N–H and O–H groups in total. The topological polar surface area (TPSA) is 203 Å². The summed E-state index contributed by atoms with van der Waals surface area (Å²) in [6.45, 7) is 14.1. The van der Waals surface area contributed by atoms with Crippen LogP contribution >= 0.6 is 0 Å². The number of aryl methyl sites for hydroxylation is 3. The molecule has 3 aliphatic rings. The molecule has 10 rings (SSSR count). The van der Waals surface area contributed by atoms with E-state index in [1.54, 1.807) is 18.1 Å². The van der Waals surface area contributed by atoms with E-state index in [9.17, 15) is 4.79 Å². The number of amides is 1. The lowest BCUT2D eigenvalue weighted by molar-refractivity contribution is -0.118. The molecule has 8 heterocycles. The van der Waals surface area contributed by atoms with Gasteiger partial charge in [-0.25, -0.2) is 9.97 Å². The monoisotopic (exact) mass is 840 g/mol. The number of carbonyl (C=O) groups excluding carboxylic acids is 1. The van der Waals surface area contributed by atoms with E-state index in [0.717, 1.165) is 59.6 Å². The van der Waals surface area contributed by atoms with Crippen molar-refractivity contribution >= 4 is 63.1 Å². The molecule has 322 valence electrons. The number of aromatic nitrogens is 12. The third-order valence-electron chi connectivity index (χ3n) is 11.9. The number of carbonyl (C=O) groups is 1. The van der Waals surface area contributed by atoms with E-state index < -0.39 is 0 Å². The number of piperazine rings is 1. The van der Waals surface area contributed by atoms with Crippen molar-refractivity contribution in [1.82, 2.24) is 69.1 Å². The SMILES string of the molecule is C=C(Cn1c(CNc2nc(N3CC(C)NC(C)C3)nc3c(C4CC4)cnn23)nc2cc(C)ccc21)C(=O)NC1CCN(c2nc(Nc3cn(C)nc3OC)c3ncn(C)c3n2)C1. The molecule has 7 aromatic rings.